The first-order valence-corrected chi connectivity index (χ1v) is 8.28. The molecule has 3 aromatic rings. The molecule has 0 aliphatic rings. The molecule has 1 unspecified atom stereocenters. The average molecular weight is 363 g/mol. The average Bonchev–Trinajstić information content (AvgIpc) is 2.98. The van der Waals surface area contributed by atoms with Crippen molar-refractivity contribution in [2.75, 3.05) is 6.61 Å². The van der Waals surface area contributed by atoms with E-state index in [0.717, 1.165) is 16.5 Å². The number of aliphatic hydroxyl groups excluding tert-OH is 1. The fourth-order valence-electron chi connectivity index (χ4n) is 2.60. The molecule has 1 amide bonds. The van der Waals surface area contributed by atoms with Crippen LogP contribution in [0.5, 0.6) is 0 Å². The van der Waals surface area contributed by atoms with Crippen LogP contribution in [-0.4, -0.2) is 22.6 Å². The first-order chi connectivity index (χ1) is 11.6. The van der Waals surface area contributed by atoms with Gasteiger partial charge in [-0.05, 0) is 42.3 Å². The molecular formula is C18H16Cl2N2O2. The van der Waals surface area contributed by atoms with Gasteiger partial charge in [0.2, 0.25) is 0 Å². The molecule has 0 fully saturated rings. The molecule has 24 heavy (non-hydrogen) atoms. The molecular weight excluding hydrogens is 347 g/mol. The van der Waals surface area contributed by atoms with Crippen molar-refractivity contribution < 1.29 is 9.90 Å². The maximum absolute atomic E-state index is 12.5. The number of rotatable bonds is 5. The van der Waals surface area contributed by atoms with Gasteiger partial charge in [0.05, 0.1) is 6.04 Å². The summed E-state index contributed by atoms with van der Waals surface area (Å²) >= 11 is 11.9. The summed E-state index contributed by atoms with van der Waals surface area (Å²) in [5.41, 5.74) is 2.14. The molecule has 1 aromatic heterocycles. The van der Waals surface area contributed by atoms with E-state index in [9.17, 15) is 9.90 Å². The number of carbonyl (C=O) groups is 1. The van der Waals surface area contributed by atoms with Gasteiger partial charge in [0.1, 0.15) is 5.69 Å². The van der Waals surface area contributed by atoms with E-state index in [-0.39, 0.29) is 18.6 Å². The Morgan fingerprint density at radius 1 is 1.08 bits per heavy atom. The van der Waals surface area contributed by atoms with Crippen LogP contribution < -0.4 is 5.32 Å². The van der Waals surface area contributed by atoms with Gasteiger partial charge in [-0.25, -0.2) is 0 Å². The Labute approximate surface area is 149 Å². The quantitative estimate of drug-likeness (QED) is 0.632. The molecule has 0 saturated carbocycles. The maximum atomic E-state index is 12.5. The topological polar surface area (TPSA) is 65.1 Å². The number of carbonyl (C=O) groups excluding carboxylic acids is 1. The van der Waals surface area contributed by atoms with E-state index in [0.29, 0.717) is 22.2 Å². The van der Waals surface area contributed by atoms with Crippen molar-refractivity contribution in [2.24, 2.45) is 0 Å². The van der Waals surface area contributed by atoms with E-state index in [1.807, 2.05) is 18.2 Å². The first-order valence-electron chi connectivity index (χ1n) is 7.52. The third-order valence-electron chi connectivity index (χ3n) is 3.82. The summed E-state index contributed by atoms with van der Waals surface area (Å²) in [4.78, 5) is 15.6. The van der Waals surface area contributed by atoms with Gasteiger partial charge in [-0.2, -0.15) is 0 Å². The molecule has 3 rings (SSSR count). The molecule has 0 spiro atoms. The summed E-state index contributed by atoms with van der Waals surface area (Å²) in [6.45, 7) is -0.0319. The van der Waals surface area contributed by atoms with Crippen molar-refractivity contribution in [1.29, 1.82) is 0 Å². The predicted molar refractivity (Wildman–Crippen MR) is 96.7 cm³/mol. The van der Waals surface area contributed by atoms with Crippen molar-refractivity contribution in [3.63, 3.8) is 0 Å². The number of aliphatic hydroxyl groups is 1. The van der Waals surface area contributed by atoms with Crippen LogP contribution >= 0.6 is 23.2 Å². The zero-order chi connectivity index (χ0) is 17.1. The van der Waals surface area contributed by atoms with Gasteiger partial charge in [-0.1, -0.05) is 41.4 Å². The van der Waals surface area contributed by atoms with Gasteiger partial charge < -0.3 is 15.4 Å². The molecule has 1 heterocycles. The van der Waals surface area contributed by atoms with E-state index in [4.69, 9.17) is 23.2 Å². The van der Waals surface area contributed by atoms with Gasteiger partial charge in [0, 0.05) is 27.6 Å². The van der Waals surface area contributed by atoms with Crippen LogP contribution in [-0.2, 0) is 0 Å². The van der Waals surface area contributed by atoms with Crippen LogP contribution in [0.15, 0.2) is 48.5 Å². The Kier molecular flexibility index (Phi) is 5.09. The molecule has 4 nitrogen and oxygen atoms in total. The Morgan fingerprint density at radius 2 is 1.79 bits per heavy atom. The van der Waals surface area contributed by atoms with Crippen LogP contribution in [0.4, 0.5) is 0 Å². The highest BCUT2D eigenvalue weighted by Crippen LogP contribution is 2.22. The van der Waals surface area contributed by atoms with E-state index < -0.39 is 0 Å². The fourth-order valence-corrected chi connectivity index (χ4v) is 2.90. The second kappa shape index (κ2) is 7.26. The van der Waals surface area contributed by atoms with E-state index in [2.05, 4.69) is 10.3 Å². The minimum absolute atomic E-state index is 0.0319. The lowest BCUT2D eigenvalue weighted by atomic mass is 10.0. The number of fused-ring (bicyclic) bond motifs is 1. The summed E-state index contributed by atoms with van der Waals surface area (Å²) in [5.74, 6) is -0.240. The molecule has 3 N–H and O–H groups in total. The highest BCUT2D eigenvalue weighted by Gasteiger charge is 2.17. The third-order valence-corrected chi connectivity index (χ3v) is 4.31. The molecule has 6 heteroatoms. The second-order valence-electron chi connectivity index (χ2n) is 5.50. The number of hydrogen-bond acceptors (Lipinski definition) is 2. The Morgan fingerprint density at radius 3 is 2.50 bits per heavy atom. The molecule has 124 valence electrons. The number of aromatic amines is 1. The highest BCUT2D eigenvalue weighted by atomic mass is 35.5. The van der Waals surface area contributed by atoms with Crippen LogP contribution in [0, 0.1) is 0 Å². The second-order valence-corrected chi connectivity index (χ2v) is 6.38. The van der Waals surface area contributed by atoms with Gasteiger partial charge >= 0.3 is 0 Å². The SMILES string of the molecule is O=C(NC(CCO)c1ccc(Cl)cc1)c1cc2ccc(Cl)cc2[nH]1. The minimum atomic E-state index is -0.297. The fraction of sp³-hybridized carbons (Fsp3) is 0.167. The lowest BCUT2D eigenvalue weighted by Crippen LogP contribution is -2.29. The number of aromatic nitrogens is 1. The lowest BCUT2D eigenvalue weighted by molar-refractivity contribution is 0.0925. The monoisotopic (exact) mass is 362 g/mol. The zero-order valence-corrected chi connectivity index (χ0v) is 14.2. The largest absolute Gasteiger partial charge is 0.396 e. The van der Waals surface area contributed by atoms with Crippen LogP contribution in [0.25, 0.3) is 10.9 Å². The van der Waals surface area contributed by atoms with Gasteiger partial charge in [0.15, 0.2) is 0 Å². The van der Waals surface area contributed by atoms with E-state index in [1.165, 1.54) is 0 Å². The van der Waals surface area contributed by atoms with Crippen LogP contribution in [0.2, 0.25) is 10.0 Å². The van der Waals surface area contributed by atoms with E-state index >= 15 is 0 Å². The van der Waals surface area contributed by atoms with Gasteiger partial charge in [-0.15, -0.1) is 0 Å². The zero-order valence-electron chi connectivity index (χ0n) is 12.7. The van der Waals surface area contributed by atoms with Gasteiger partial charge in [0.25, 0.3) is 5.91 Å². The van der Waals surface area contributed by atoms with Crippen LogP contribution in [0.3, 0.4) is 0 Å². The number of hydrogen-bond donors (Lipinski definition) is 3. The smallest absolute Gasteiger partial charge is 0.268 e. The lowest BCUT2D eigenvalue weighted by Gasteiger charge is -2.18. The molecule has 0 aliphatic carbocycles. The maximum Gasteiger partial charge on any atom is 0.268 e. The Bertz CT molecular complexity index is 859. The molecule has 2 aromatic carbocycles. The Balaban J connectivity index is 1.82. The van der Waals surface area contributed by atoms with Crippen molar-refractivity contribution in [3.05, 3.63) is 69.8 Å². The normalized spacial score (nSPS) is 12.3. The summed E-state index contributed by atoms with van der Waals surface area (Å²) in [6.07, 6.45) is 0.416. The minimum Gasteiger partial charge on any atom is -0.396 e. The number of halogens is 2. The van der Waals surface area contributed by atoms with Crippen molar-refractivity contribution in [2.45, 2.75) is 12.5 Å². The molecule has 0 bridgehead atoms. The van der Waals surface area contributed by atoms with Gasteiger partial charge in [-0.3, -0.25) is 4.79 Å². The summed E-state index contributed by atoms with van der Waals surface area (Å²) < 4.78 is 0. The highest BCUT2D eigenvalue weighted by molar-refractivity contribution is 6.31. The predicted octanol–water partition coefficient (Wildman–Crippen LogP) is 4.33. The summed E-state index contributed by atoms with van der Waals surface area (Å²) in [5, 5.41) is 14.4. The van der Waals surface area contributed by atoms with Crippen molar-refractivity contribution >= 4 is 40.0 Å². The standard InChI is InChI=1S/C18H16Cl2N2O2/c19-13-4-1-11(2-5-13)15(7-8-23)22-18(24)17-9-12-3-6-14(20)10-16(12)21-17/h1-6,9-10,15,21,23H,7-8H2,(H,22,24). The van der Waals surface area contributed by atoms with Crippen LogP contribution in [0.1, 0.15) is 28.5 Å². The Hall–Kier alpha value is -2.01. The first kappa shape index (κ1) is 16.8. The summed E-state index contributed by atoms with van der Waals surface area (Å²) in [6, 6.07) is 14.1. The van der Waals surface area contributed by atoms with Crippen molar-refractivity contribution in [1.82, 2.24) is 10.3 Å². The third kappa shape index (κ3) is 3.73. The molecule has 0 aliphatic heterocycles. The van der Waals surface area contributed by atoms with E-state index in [1.54, 1.807) is 30.3 Å². The number of H-pyrrole nitrogens is 1. The molecule has 0 radical (unpaired) electrons. The molecule has 1 atom stereocenters. The number of benzene rings is 2. The van der Waals surface area contributed by atoms with Crippen molar-refractivity contribution in [3.8, 4) is 0 Å². The number of amides is 1. The molecule has 0 saturated heterocycles. The number of nitrogens with one attached hydrogen (secondary N) is 2. The summed E-state index contributed by atoms with van der Waals surface area (Å²) in [7, 11) is 0.